The SMILES string of the molecule is FC(F)(F)c1cc(Cl)n(-c2ccc(Cl)nn2)n1. The van der Waals surface area contributed by atoms with Gasteiger partial charge in [0.1, 0.15) is 5.15 Å². The Morgan fingerprint density at radius 2 is 1.82 bits per heavy atom. The number of nitrogens with zero attached hydrogens (tertiary/aromatic N) is 4. The average Bonchev–Trinajstić information content (AvgIpc) is 2.61. The molecule has 0 saturated carbocycles. The maximum atomic E-state index is 12.4. The summed E-state index contributed by atoms with van der Waals surface area (Å²) in [6.45, 7) is 0. The summed E-state index contributed by atoms with van der Waals surface area (Å²) in [5.41, 5.74) is -1.10. The fourth-order valence-electron chi connectivity index (χ4n) is 1.08. The quantitative estimate of drug-likeness (QED) is 0.808. The van der Waals surface area contributed by atoms with E-state index in [4.69, 9.17) is 23.2 Å². The molecule has 0 aliphatic carbocycles. The Morgan fingerprint density at radius 3 is 2.29 bits per heavy atom. The van der Waals surface area contributed by atoms with Gasteiger partial charge in [0, 0.05) is 6.07 Å². The van der Waals surface area contributed by atoms with Crippen molar-refractivity contribution in [3.05, 3.63) is 34.2 Å². The average molecular weight is 283 g/mol. The van der Waals surface area contributed by atoms with E-state index in [2.05, 4.69) is 15.3 Å². The molecule has 2 rings (SSSR count). The summed E-state index contributed by atoms with van der Waals surface area (Å²) >= 11 is 11.1. The highest BCUT2D eigenvalue weighted by molar-refractivity contribution is 6.30. The first-order valence-electron chi connectivity index (χ1n) is 4.20. The van der Waals surface area contributed by atoms with Crippen molar-refractivity contribution in [2.24, 2.45) is 0 Å². The molecule has 0 radical (unpaired) electrons. The Balaban J connectivity index is 2.46. The molecule has 0 saturated heterocycles. The lowest BCUT2D eigenvalue weighted by Crippen LogP contribution is -2.08. The topological polar surface area (TPSA) is 43.6 Å². The summed E-state index contributed by atoms with van der Waals surface area (Å²) < 4.78 is 37.9. The van der Waals surface area contributed by atoms with Gasteiger partial charge in [-0.25, -0.2) is 4.68 Å². The van der Waals surface area contributed by atoms with Gasteiger partial charge in [0.15, 0.2) is 16.7 Å². The van der Waals surface area contributed by atoms with Crippen LogP contribution in [-0.2, 0) is 6.18 Å². The second-order valence-corrected chi connectivity index (χ2v) is 3.75. The summed E-state index contributed by atoms with van der Waals surface area (Å²) in [7, 11) is 0. The molecule has 0 spiro atoms. The summed E-state index contributed by atoms with van der Waals surface area (Å²) in [6.07, 6.45) is -4.56. The van der Waals surface area contributed by atoms with E-state index in [1.165, 1.54) is 12.1 Å². The number of hydrogen-bond donors (Lipinski definition) is 0. The van der Waals surface area contributed by atoms with Crippen molar-refractivity contribution >= 4 is 23.2 Å². The van der Waals surface area contributed by atoms with Gasteiger partial charge in [-0.2, -0.15) is 18.3 Å². The van der Waals surface area contributed by atoms with Crippen molar-refractivity contribution in [3.63, 3.8) is 0 Å². The van der Waals surface area contributed by atoms with E-state index in [1.807, 2.05) is 0 Å². The predicted octanol–water partition coefficient (Wildman–Crippen LogP) is 2.99. The van der Waals surface area contributed by atoms with E-state index >= 15 is 0 Å². The largest absolute Gasteiger partial charge is 0.435 e. The molecular formula is C8H3Cl2F3N4. The maximum Gasteiger partial charge on any atom is 0.435 e. The number of hydrogen-bond acceptors (Lipinski definition) is 3. The lowest BCUT2D eigenvalue weighted by atomic mass is 10.4. The smallest absolute Gasteiger partial charge is 0.201 e. The molecule has 9 heteroatoms. The molecule has 0 N–H and O–H groups in total. The fraction of sp³-hybridized carbons (Fsp3) is 0.125. The number of rotatable bonds is 1. The third kappa shape index (κ3) is 2.50. The van der Waals surface area contributed by atoms with Gasteiger partial charge in [0.2, 0.25) is 0 Å². The molecule has 2 heterocycles. The van der Waals surface area contributed by atoms with Crippen LogP contribution in [0.1, 0.15) is 5.69 Å². The number of halogens is 5. The highest BCUT2D eigenvalue weighted by atomic mass is 35.5. The monoisotopic (exact) mass is 282 g/mol. The molecule has 4 nitrogen and oxygen atoms in total. The Hall–Kier alpha value is -1.34. The first kappa shape index (κ1) is 12.1. The molecule has 0 amide bonds. The molecule has 17 heavy (non-hydrogen) atoms. The molecule has 0 aromatic carbocycles. The predicted molar refractivity (Wildman–Crippen MR) is 54.2 cm³/mol. The van der Waals surface area contributed by atoms with Crippen LogP contribution < -0.4 is 0 Å². The molecular weight excluding hydrogens is 280 g/mol. The zero-order chi connectivity index (χ0) is 12.6. The first-order valence-corrected chi connectivity index (χ1v) is 4.96. The van der Waals surface area contributed by atoms with Crippen LogP contribution in [0, 0.1) is 0 Å². The third-order valence-electron chi connectivity index (χ3n) is 1.79. The normalized spacial score (nSPS) is 11.8. The van der Waals surface area contributed by atoms with Crippen LogP contribution >= 0.6 is 23.2 Å². The molecule has 0 aliphatic heterocycles. The zero-order valence-electron chi connectivity index (χ0n) is 7.91. The van der Waals surface area contributed by atoms with Gasteiger partial charge >= 0.3 is 6.18 Å². The third-order valence-corrected chi connectivity index (χ3v) is 2.26. The highest BCUT2D eigenvalue weighted by Crippen LogP contribution is 2.30. The second kappa shape index (κ2) is 4.15. The minimum absolute atomic E-state index is 0.0508. The Labute approximate surface area is 103 Å². The second-order valence-electron chi connectivity index (χ2n) is 2.98. The molecule has 0 aliphatic rings. The molecule has 0 fully saturated rings. The molecule has 0 bridgehead atoms. The maximum absolute atomic E-state index is 12.4. The number of aromatic nitrogens is 4. The molecule has 2 aromatic rings. The van der Waals surface area contributed by atoms with Crippen molar-refractivity contribution in [1.82, 2.24) is 20.0 Å². The highest BCUT2D eigenvalue weighted by Gasteiger charge is 2.35. The zero-order valence-corrected chi connectivity index (χ0v) is 9.42. The van der Waals surface area contributed by atoms with Crippen LogP contribution in [0.15, 0.2) is 18.2 Å². The molecule has 0 atom stereocenters. The van der Waals surface area contributed by atoms with Gasteiger partial charge in [-0.1, -0.05) is 23.2 Å². The van der Waals surface area contributed by atoms with Gasteiger partial charge in [-0.05, 0) is 12.1 Å². The van der Waals surface area contributed by atoms with E-state index < -0.39 is 11.9 Å². The first-order chi connectivity index (χ1) is 7.88. The van der Waals surface area contributed by atoms with Gasteiger partial charge in [0.25, 0.3) is 0 Å². The van der Waals surface area contributed by atoms with Crippen LogP contribution in [0.5, 0.6) is 0 Å². The summed E-state index contributed by atoms with van der Waals surface area (Å²) in [6, 6.07) is 3.43. The summed E-state index contributed by atoms with van der Waals surface area (Å²) in [5.74, 6) is 0.0508. The fourth-order valence-corrected chi connectivity index (χ4v) is 1.41. The van der Waals surface area contributed by atoms with Crippen LogP contribution in [-0.4, -0.2) is 20.0 Å². The van der Waals surface area contributed by atoms with Crippen LogP contribution in [0.3, 0.4) is 0 Å². The van der Waals surface area contributed by atoms with Crippen molar-refractivity contribution in [1.29, 1.82) is 0 Å². The van der Waals surface area contributed by atoms with Gasteiger partial charge in [-0.15, -0.1) is 10.2 Å². The minimum Gasteiger partial charge on any atom is -0.201 e. The summed E-state index contributed by atoms with van der Waals surface area (Å²) in [4.78, 5) is 0. The van der Waals surface area contributed by atoms with Crippen LogP contribution in [0.2, 0.25) is 10.3 Å². The van der Waals surface area contributed by atoms with E-state index in [-0.39, 0.29) is 16.1 Å². The van der Waals surface area contributed by atoms with Crippen LogP contribution in [0.25, 0.3) is 5.82 Å². The Kier molecular flexibility index (Phi) is 2.96. The van der Waals surface area contributed by atoms with Gasteiger partial charge in [0.05, 0.1) is 0 Å². The lowest BCUT2D eigenvalue weighted by Gasteiger charge is -2.01. The van der Waals surface area contributed by atoms with Crippen molar-refractivity contribution in [3.8, 4) is 5.82 Å². The minimum atomic E-state index is -4.56. The Bertz CT molecular complexity index is 535. The molecule has 90 valence electrons. The summed E-state index contributed by atoms with van der Waals surface area (Å²) in [5, 5.41) is 10.3. The molecule has 0 unspecified atom stereocenters. The van der Waals surface area contributed by atoms with Crippen LogP contribution in [0.4, 0.5) is 13.2 Å². The standard InChI is InChI=1S/C8H3Cl2F3N4/c9-5-1-2-7(15-14-5)17-6(10)3-4(16-17)8(11,12)13/h1-3H. The van der Waals surface area contributed by atoms with Gasteiger partial charge in [-0.3, -0.25) is 0 Å². The van der Waals surface area contributed by atoms with Crippen molar-refractivity contribution < 1.29 is 13.2 Å². The lowest BCUT2D eigenvalue weighted by molar-refractivity contribution is -0.141. The van der Waals surface area contributed by atoms with Crippen molar-refractivity contribution in [2.75, 3.05) is 0 Å². The molecule has 2 aromatic heterocycles. The van der Waals surface area contributed by atoms with E-state index in [0.717, 1.165) is 4.68 Å². The van der Waals surface area contributed by atoms with Gasteiger partial charge < -0.3 is 0 Å². The van der Waals surface area contributed by atoms with E-state index in [9.17, 15) is 13.2 Å². The van der Waals surface area contributed by atoms with E-state index in [1.54, 1.807) is 0 Å². The van der Waals surface area contributed by atoms with E-state index in [0.29, 0.717) is 6.07 Å². The number of alkyl halides is 3. The Morgan fingerprint density at radius 1 is 1.12 bits per heavy atom. The van der Waals surface area contributed by atoms with Crippen molar-refractivity contribution in [2.45, 2.75) is 6.18 Å².